The fraction of sp³-hybridized carbons (Fsp3) is 0.333. The fourth-order valence-electron chi connectivity index (χ4n) is 4.60. The summed E-state index contributed by atoms with van der Waals surface area (Å²) in [4.78, 5) is 25.1. The molecule has 3 aromatic rings. The molecule has 1 amide bonds. The molecule has 2 aromatic heterocycles. The minimum Gasteiger partial charge on any atom is -0.361 e. The molecule has 0 bridgehead atoms. The van der Waals surface area contributed by atoms with Gasteiger partial charge in [-0.15, -0.1) is 0 Å². The van der Waals surface area contributed by atoms with Crippen molar-refractivity contribution in [3.05, 3.63) is 66.1 Å². The zero-order valence-corrected chi connectivity index (χ0v) is 14.6. The minimum atomic E-state index is 0.170. The third-order valence-electron chi connectivity index (χ3n) is 5.86. The number of aromatic amines is 1. The molecular formula is C21H22N4O. The highest BCUT2D eigenvalue weighted by Crippen LogP contribution is 2.33. The predicted molar refractivity (Wildman–Crippen MR) is 101 cm³/mol. The van der Waals surface area contributed by atoms with E-state index in [0.29, 0.717) is 12.1 Å². The Bertz CT molecular complexity index is 935. The van der Waals surface area contributed by atoms with E-state index in [1.54, 1.807) is 0 Å². The average Bonchev–Trinajstić information content (AvgIpc) is 3.38. The van der Waals surface area contributed by atoms with Gasteiger partial charge in [0.05, 0.1) is 0 Å². The molecule has 5 heteroatoms. The molecule has 2 fully saturated rings. The highest BCUT2D eigenvalue weighted by Gasteiger charge is 2.44. The normalized spacial score (nSPS) is 22.8. The molecule has 132 valence electrons. The lowest BCUT2D eigenvalue weighted by atomic mass is 10.1. The van der Waals surface area contributed by atoms with Crippen LogP contribution >= 0.6 is 0 Å². The van der Waals surface area contributed by atoms with Gasteiger partial charge in [0.25, 0.3) is 5.91 Å². The number of hydrogen-bond acceptors (Lipinski definition) is 3. The molecule has 1 aromatic carbocycles. The second-order valence-electron chi connectivity index (χ2n) is 7.32. The van der Waals surface area contributed by atoms with Crippen molar-refractivity contribution in [3.8, 4) is 0 Å². The molecule has 4 heterocycles. The van der Waals surface area contributed by atoms with Crippen LogP contribution in [0, 0.1) is 0 Å². The van der Waals surface area contributed by atoms with Crippen molar-refractivity contribution in [3.63, 3.8) is 0 Å². The number of aromatic nitrogens is 2. The first-order valence-electron chi connectivity index (χ1n) is 9.31. The third-order valence-corrected chi connectivity index (χ3v) is 5.86. The number of amides is 1. The number of carbonyl (C=O) groups is 1. The Morgan fingerprint density at radius 2 is 2.08 bits per heavy atom. The molecule has 2 aliphatic heterocycles. The zero-order valence-electron chi connectivity index (χ0n) is 14.6. The van der Waals surface area contributed by atoms with Gasteiger partial charge in [0, 0.05) is 66.8 Å². The number of nitrogens with zero attached hydrogens (tertiary/aromatic N) is 3. The van der Waals surface area contributed by atoms with E-state index in [9.17, 15) is 4.79 Å². The summed E-state index contributed by atoms with van der Waals surface area (Å²) in [6, 6.07) is 12.9. The standard InChI is InChI=1S/C21H22N4O/c26-21(17-3-4-18-16(12-17)5-9-23-18)25-11-7-19-20(25)6-10-24(19)14-15-2-1-8-22-13-15/h1-5,8-9,12-13,19-20,23H,6-7,10-11,14H2/t19-,20+/m1/s1. The lowest BCUT2D eigenvalue weighted by molar-refractivity contribution is 0.0732. The van der Waals surface area contributed by atoms with Crippen molar-refractivity contribution < 1.29 is 4.79 Å². The van der Waals surface area contributed by atoms with Gasteiger partial charge in [0.2, 0.25) is 0 Å². The van der Waals surface area contributed by atoms with Crippen LogP contribution in [0.5, 0.6) is 0 Å². The van der Waals surface area contributed by atoms with Crippen LogP contribution in [0.3, 0.4) is 0 Å². The van der Waals surface area contributed by atoms with Crippen LogP contribution in [0.1, 0.15) is 28.8 Å². The molecule has 5 rings (SSSR count). The number of likely N-dealkylation sites (tertiary alicyclic amines) is 2. The Labute approximate surface area is 152 Å². The van der Waals surface area contributed by atoms with E-state index < -0.39 is 0 Å². The SMILES string of the molecule is O=C(c1ccc2[nH]ccc2c1)N1CC[C@@H]2[C@@H]1CCN2Cc1cccnc1. The number of carbonyl (C=O) groups excluding carboxylic acids is 1. The van der Waals surface area contributed by atoms with Crippen molar-refractivity contribution in [2.24, 2.45) is 0 Å². The summed E-state index contributed by atoms with van der Waals surface area (Å²) in [6.07, 6.45) is 7.79. The number of pyridine rings is 1. The molecule has 26 heavy (non-hydrogen) atoms. The zero-order chi connectivity index (χ0) is 17.5. The van der Waals surface area contributed by atoms with Crippen LogP contribution < -0.4 is 0 Å². The third kappa shape index (κ3) is 2.59. The minimum absolute atomic E-state index is 0.170. The van der Waals surface area contributed by atoms with Crippen molar-refractivity contribution >= 4 is 16.8 Å². The maximum atomic E-state index is 13.1. The molecule has 2 atom stereocenters. The number of benzene rings is 1. The summed E-state index contributed by atoms with van der Waals surface area (Å²) in [5.74, 6) is 0.170. The average molecular weight is 346 g/mol. The molecule has 1 N–H and O–H groups in total. The molecule has 0 radical (unpaired) electrons. The van der Waals surface area contributed by atoms with Gasteiger partial charge < -0.3 is 9.88 Å². The number of fused-ring (bicyclic) bond motifs is 2. The van der Waals surface area contributed by atoms with Gasteiger partial charge in [-0.1, -0.05) is 6.07 Å². The number of H-pyrrole nitrogens is 1. The van der Waals surface area contributed by atoms with Gasteiger partial charge in [0.15, 0.2) is 0 Å². The first kappa shape index (κ1) is 15.6. The summed E-state index contributed by atoms with van der Waals surface area (Å²) in [7, 11) is 0. The first-order chi connectivity index (χ1) is 12.8. The molecule has 0 aliphatic carbocycles. The highest BCUT2D eigenvalue weighted by atomic mass is 16.2. The molecule has 0 saturated carbocycles. The van der Waals surface area contributed by atoms with Gasteiger partial charge in [-0.3, -0.25) is 14.7 Å². The van der Waals surface area contributed by atoms with Crippen LogP contribution in [0.4, 0.5) is 0 Å². The van der Waals surface area contributed by atoms with Gasteiger partial charge in [0.1, 0.15) is 0 Å². The van der Waals surface area contributed by atoms with E-state index in [0.717, 1.165) is 48.9 Å². The molecule has 0 spiro atoms. The lowest BCUT2D eigenvalue weighted by Gasteiger charge is -2.25. The quantitative estimate of drug-likeness (QED) is 0.793. The molecule has 0 unspecified atom stereocenters. The smallest absolute Gasteiger partial charge is 0.254 e. The predicted octanol–water partition coefficient (Wildman–Crippen LogP) is 3.05. The van der Waals surface area contributed by atoms with Crippen LogP contribution in [0.15, 0.2) is 55.0 Å². The number of rotatable bonds is 3. The Morgan fingerprint density at radius 1 is 1.15 bits per heavy atom. The Hall–Kier alpha value is -2.66. The maximum Gasteiger partial charge on any atom is 0.254 e. The maximum absolute atomic E-state index is 13.1. The van der Waals surface area contributed by atoms with Crippen molar-refractivity contribution in [2.45, 2.75) is 31.5 Å². The summed E-state index contributed by atoms with van der Waals surface area (Å²) in [6.45, 7) is 2.82. The summed E-state index contributed by atoms with van der Waals surface area (Å²) < 4.78 is 0. The van der Waals surface area contributed by atoms with E-state index in [-0.39, 0.29) is 5.91 Å². The van der Waals surface area contributed by atoms with Crippen LogP contribution in [-0.2, 0) is 6.54 Å². The van der Waals surface area contributed by atoms with Crippen LogP contribution in [0.2, 0.25) is 0 Å². The van der Waals surface area contributed by atoms with E-state index in [2.05, 4.69) is 25.8 Å². The molecular weight excluding hydrogens is 324 g/mol. The first-order valence-corrected chi connectivity index (χ1v) is 9.31. The molecule has 2 saturated heterocycles. The second-order valence-corrected chi connectivity index (χ2v) is 7.32. The van der Waals surface area contributed by atoms with E-state index in [1.165, 1.54) is 5.56 Å². The van der Waals surface area contributed by atoms with Gasteiger partial charge in [-0.05, 0) is 48.7 Å². The largest absolute Gasteiger partial charge is 0.361 e. The monoisotopic (exact) mass is 346 g/mol. The fourth-order valence-corrected chi connectivity index (χ4v) is 4.60. The second kappa shape index (κ2) is 6.25. The van der Waals surface area contributed by atoms with Gasteiger partial charge in [-0.2, -0.15) is 0 Å². The highest BCUT2D eigenvalue weighted by molar-refractivity contribution is 5.98. The summed E-state index contributed by atoms with van der Waals surface area (Å²) >= 11 is 0. The van der Waals surface area contributed by atoms with Gasteiger partial charge in [-0.25, -0.2) is 0 Å². The van der Waals surface area contributed by atoms with Crippen LogP contribution in [-0.4, -0.2) is 50.8 Å². The Morgan fingerprint density at radius 3 is 2.96 bits per heavy atom. The van der Waals surface area contributed by atoms with Crippen molar-refractivity contribution in [1.29, 1.82) is 0 Å². The Kier molecular flexibility index (Phi) is 3.75. The van der Waals surface area contributed by atoms with E-state index >= 15 is 0 Å². The topological polar surface area (TPSA) is 52.2 Å². The molecule has 2 aliphatic rings. The number of hydrogen-bond donors (Lipinski definition) is 1. The van der Waals surface area contributed by atoms with E-state index in [4.69, 9.17) is 0 Å². The summed E-state index contributed by atoms with van der Waals surface area (Å²) in [5.41, 5.74) is 3.11. The summed E-state index contributed by atoms with van der Waals surface area (Å²) in [5, 5.41) is 1.09. The van der Waals surface area contributed by atoms with Gasteiger partial charge >= 0.3 is 0 Å². The number of nitrogens with one attached hydrogen (secondary N) is 1. The van der Waals surface area contributed by atoms with E-state index in [1.807, 2.05) is 48.9 Å². The lowest BCUT2D eigenvalue weighted by Crippen LogP contribution is -2.39. The van der Waals surface area contributed by atoms with Crippen LogP contribution in [0.25, 0.3) is 10.9 Å². The van der Waals surface area contributed by atoms with Crippen molar-refractivity contribution in [1.82, 2.24) is 19.8 Å². The Balaban J connectivity index is 1.33. The van der Waals surface area contributed by atoms with Crippen molar-refractivity contribution in [2.75, 3.05) is 13.1 Å². The molecule has 5 nitrogen and oxygen atoms in total.